The summed E-state index contributed by atoms with van der Waals surface area (Å²) >= 11 is 0. The van der Waals surface area contributed by atoms with Crippen LogP contribution in [0.4, 0.5) is 0 Å². The first-order valence-corrected chi connectivity index (χ1v) is 13.0. The van der Waals surface area contributed by atoms with Crippen LogP contribution in [-0.4, -0.2) is 42.0 Å². The van der Waals surface area contributed by atoms with E-state index in [-0.39, 0.29) is 25.0 Å². The van der Waals surface area contributed by atoms with Crippen LogP contribution in [0, 0.1) is 20.8 Å². The molecule has 0 spiro atoms. The minimum absolute atomic E-state index is 0.179. The molecule has 0 radical (unpaired) electrons. The molecular formula is C32H40N2O4. The summed E-state index contributed by atoms with van der Waals surface area (Å²) in [6, 6.07) is 20.6. The second-order valence-corrected chi connectivity index (χ2v) is 10.8. The van der Waals surface area contributed by atoms with E-state index >= 15 is 0 Å². The van der Waals surface area contributed by atoms with E-state index in [1.165, 1.54) is 0 Å². The van der Waals surface area contributed by atoms with Gasteiger partial charge in [0.25, 0.3) is 5.91 Å². The highest BCUT2D eigenvalue weighted by Gasteiger charge is 2.32. The molecule has 0 bridgehead atoms. The lowest BCUT2D eigenvalue weighted by Crippen LogP contribution is -2.55. The fourth-order valence-electron chi connectivity index (χ4n) is 4.35. The number of carbonyl (C=O) groups excluding carboxylic acids is 2. The first kappa shape index (κ1) is 28.8. The maximum absolute atomic E-state index is 13.8. The van der Waals surface area contributed by atoms with Crippen molar-refractivity contribution in [3.63, 3.8) is 0 Å². The van der Waals surface area contributed by atoms with Gasteiger partial charge < -0.3 is 19.7 Å². The second-order valence-electron chi connectivity index (χ2n) is 10.8. The normalized spacial score (nSPS) is 12.0. The number of nitrogens with one attached hydrogen (secondary N) is 1. The van der Waals surface area contributed by atoms with Crippen molar-refractivity contribution in [3.05, 3.63) is 94.5 Å². The maximum atomic E-state index is 13.8. The molecule has 2 amide bonds. The maximum Gasteiger partial charge on any atom is 0.261 e. The highest BCUT2D eigenvalue weighted by Crippen LogP contribution is 2.24. The summed E-state index contributed by atoms with van der Waals surface area (Å²) in [4.78, 5) is 29.1. The van der Waals surface area contributed by atoms with E-state index < -0.39 is 11.6 Å². The molecule has 0 heterocycles. The molecule has 3 rings (SSSR count). The number of hydrogen-bond acceptors (Lipinski definition) is 4. The molecule has 0 unspecified atom stereocenters. The van der Waals surface area contributed by atoms with Crippen molar-refractivity contribution in [2.45, 2.75) is 66.1 Å². The van der Waals surface area contributed by atoms with E-state index in [4.69, 9.17) is 9.47 Å². The van der Waals surface area contributed by atoms with Gasteiger partial charge in [0, 0.05) is 18.5 Å². The van der Waals surface area contributed by atoms with Gasteiger partial charge in [0.1, 0.15) is 17.5 Å². The standard InChI is InChI=1S/C32H40N2O4/c1-22-16-23(2)24(3)29(17-22)38-21-30(35)34(20-26-14-11-15-27(18-26)37-7)28(31(36)33-32(4,5)6)19-25-12-9-8-10-13-25/h8-18,28H,19-21H2,1-7H3,(H,33,36)/t28-/m0/s1. The predicted octanol–water partition coefficient (Wildman–Crippen LogP) is 5.55. The summed E-state index contributed by atoms with van der Waals surface area (Å²) < 4.78 is 11.5. The van der Waals surface area contributed by atoms with Crippen LogP contribution >= 0.6 is 0 Å². The van der Waals surface area contributed by atoms with Crippen LogP contribution in [0.1, 0.15) is 48.6 Å². The fraction of sp³-hybridized carbons (Fsp3) is 0.375. The Balaban J connectivity index is 1.98. The number of rotatable bonds is 10. The Bertz CT molecular complexity index is 1250. The van der Waals surface area contributed by atoms with Crippen LogP contribution in [0.15, 0.2) is 66.7 Å². The van der Waals surface area contributed by atoms with Gasteiger partial charge in [-0.1, -0.05) is 48.5 Å². The minimum atomic E-state index is -0.737. The van der Waals surface area contributed by atoms with Gasteiger partial charge in [-0.15, -0.1) is 0 Å². The fourth-order valence-corrected chi connectivity index (χ4v) is 4.35. The summed E-state index contributed by atoms with van der Waals surface area (Å²) in [6.45, 7) is 11.9. The molecule has 38 heavy (non-hydrogen) atoms. The number of aryl methyl sites for hydroxylation is 2. The Labute approximate surface area is 227 Å². The Kier molecular flexibility index (Phi) is 9.56. The second kappa shape index (κ2) is 12.6. The largest absolute Gasteiger partial charge is 0.497 e. The van der Waals surface area contributed by atoms with E-state index in [9.17, 15) is 9.59 Å². The van der Waals surface area contributed by atoms with Crippen LogP contribution in [0.2, 0.25) is 0 Å². The molecule has 3 aromatic carbocycles. The van der Waals surface area contributed by atoms with Crippen molar-refractivity contribution in [3.8, 4) is 11.5 Å². The van der Waals surface area contributed by atoms with Crippen molar-refractivity contribution in [1.29, 1.82) is 0 Å². The summed E-state index contributed by atoms with van der Waals surface area (Å²) in [5, 5.41) is 3.08. The zero-order chi connectivity index (χ0) is 27.9. The lowest BCUT2D eigenvalue weighted by molar-refractivity contribution is -0.143. The third-order valence-corrected chi connectivity index (χ3v) is 6.37. The van der Waals surface area contributed by atoms with Crippen molar-refractivity contribution < 1.29 is 19.1 Å². The molecule has 0 aliphatic heterocycles. The molecule has 0 saturated carbocycles. The number of benzene rings is 3. The monoisotopic (exact) mass is 516 g/mol. The molecule has 6 heteroatoms. The summed E-state index contributed by atoms with van der Waals surface area (Å²) in [5.74, 6) is 0.892. The van der Waals surface area contributed by atoms with Gasteiger partial charge in [0.05, 0.1) is 7.11 Å². The van der Waals surface area contributed by atoms with Crippen molar-refractivity contribution in [1.82, 2.24) is 10.2 Å². The lowest BCUT2D eigenvalue weighted by atomic mass is 10.0. The van der Waals surface area contributed by atoms with Gasteiger partial charge >= 0.3 is 0 Å². The van der Waals surface area contributed by atoms with Crippen molar-refractivity contribution in [2.75, 3.05) is 13.7 Å². The lowest BCUT2D eigenvalue weighted by Gasteiger charge is -2.34. The zero-order valence-electron chi connectivity index (χ0n) is 23.6. The first-order valence-electron chi connectivity index (χ1n) is 13.0. The zero-order valence-corrected chi connectivity index (χ0v) is 23.6. The Morgan fingerprint density at radius 2 is 1.61 bits per heavy atom. The van der Waals surface area contributed by atoms with Gasteiger partial charge in [-0.05, 0) is 87.6 Å². The number of hydrogen-bond donors (Lipinski definition) is 1. The third-order valence-electron chi connectivity index (χ3n) is 6.37. The SMILES string of the molecule is COc1cccc(CN(C(=O)COc2cc(C)cc(C)c2C)[C@@H](Cc2ccccc2)C(=O)NC(C)(C)C)c1. The number of amides is 2. The third kappa shape index (κ3) is 8.10. The van der Waals surface area contributed by atoms with E-state index in [2.05, 4.69) is 11.4 Å². The van der Waals surface area contributed by atoms with Gasteiger partial charge in [0.2, 0.25) is 5.91 Å². The highest BCUT2D eigenvalue weighted by atomic mass is 16.5. The number of carbonyl (C=O) groups is 2. The number of methoxy groups -OCH3 is 1. The number of ether oxygens (including phenoxy) is 2. The van der Waals surface area contributed by atoms with Crippen LogP contribution in [0.5, 0.6) is 11.5 Å². The molecule has 0 saturated heterocycles. The van der Waals surface area contributed by atoms with Crippen LogP contribution < -0.4 is 14.8 Å². The van der Waals surface area contributed by atoms with Gasteiger partial charge in [0.15, 0.2) is 6.61 Å². The predicted molar refractivity (Wildman–Crippen MR) is 152 cm³/mol. The molecule has 0 aromatic heterocycles. The average Bonchev–Trinajstić information content (AvgIpc) is 2.86. The summed E-state index contributed by atoms with van der Waals surface area (Å²) in [5.41, 5.74) is 4.54. The average molecular weight is 517 g/mol. The van der Waals surface area contributed by atoms with Gasteiger partial charge in [-0.25, -0.2) is 0 Å². The molecular weight excluding hydrogens is 476 g/mol. The summed E-state index contributed by atoms with van der Waals surface area (Å²) in [6.07, 6.45) is 0.376. The van der Waals surface area contributed by atoms with E-state index in [0.717, 1.165) is 27.8 Å². The van der Waals surface area contributed by atoms with E-state index in [0.29, 0.717) is 17.9 Å². The van der Waals surface area contributed by atoms with E-state index in [1.54, 1.807) is 12.0 Å². The molecule has 3 aromatic rings. The minimum Gasteiger partial charge on any atom is -0.497 e. The molecule has 0 aliphatic carbocycles. The van der Waals surface area contributed by atoms with Crippen molar-refractivity contribution >= 4 is 11.8 Å². The first-order chi connectivity index (χ1) is 18.0. The molecule has 1 atom stereocenters. The van der Waals surface area contributed by atoms with Gasteiger partial charge in [-0.3, -0.25) is 9.59 Å². The topological polar surface area (TPSA) is 67.9 Å². The quantitative estimate of drug-likeness (QED) is 0.383. The van der Waals surface area contributed by atoms with Crippen LogP contribution in [0.3, 0.4) is 0 Å². The smallest absolute Gasteiger partial charge is 0.261 e. The van der Waals surface area contributed by atoms with Crippen LogP contribution in [0.25, 0.3) is 0 Å². The summed E-state index contributed by atoms with van der Waals surface area (Å²) in [7, 11) is 1.61. The molecule has 202 valence electrons. The Morgan fingerprint density at radius 1 is 0.921 bits per heavy atom. The highest BCUT2D eigenvalue weighted by molar-refractivity contribution is 5.89. The van der Waals surface area contributed by atoms with Gasteiger partial charge in [-0.2, -0.15) is 0 Å². The Morgan fingerprint density at radius 3 is 2.26 bits per heavy atom. The number of nitrogens with zero attached hydrogens (tertiary/aromatic N) is 1. The van der Waals surface area contributed by atoms with E-state index in [1.807, 2.05) is 102 Å². The van der Waals surface area contributed by atoms with Crippen molar-refractivity contribution in [2.24, 2.45) is 0 Å². The molecule has 6 nitrogen and oxygen atoms in total. The molecule has 0 fully saturated rings. The molecule has 0 aliphatic rings. The Hall–Kier alpha value is -3.80. The van der Waals surface area contributed by atoms with Crippen LogP contribution in [-0.2, 0) is 22.6 Å². The molecule has 1 N–H and O–H groups in total.